The molecule has 6 nitrogen and oxygen atoms in total. The topological polar surface area (TPSA) is 87.0 Å². The second-order valence-corrected chi connectivity index (χ2v) is 7.87. The number of aromatic nitrogens is 2. The van der Waals surface area contributed by atoms with E-state index in [-0.39, 0.29) is 30.4 Å². The van der Waals surface area contributed by atoms with Gasteiger partial charge in [0.05, 0.1) is 10.6 Å². The van der Waals surface area contributed by atoms with E-state index in [2.05, 4.69) is 27.1 Å². The summed E-state index contributed by atoms with van der Waals surface area (Å²) in [5.41, 5.74) is 9.21. The van der Waals surface area contributed by atoms with E-state index < -0.39 is 0 Å². The summed E-state index contributed by atoms with van der Waals surface area (Å²) in [5, 5.41) is 4.23. The lowest BCUT2D eigenvalue weighted by Gasteiger charge is -2.27. The van der Waals surface area contributed by atoms with Crippen LogP contribution in [-0.4, -0.2) is 40.3 Å². The molecule has 3 heterocycles. The van der Waals surface area contributed by atoms with Crippen molar-refractivity contribution in [3.63, 3.8) is 0 Å². The van der Waals surface area contributed by atoms with Gasteiger partial charge in [0.25, 0.3) is 5.91 Å². The summed E-state index contributed by atoms with van der Waals surface area (Å²) in [6.07, 6.45) is 8.80. The number of nitrogens with two attached hydrogens (primary N) is 1. The Labute approximate surface area is 163 Å². The van der Waals surface area contributed by atoms with Crippen LogP contribution in [0.3, 0.4) is 0 Å². The number of amides is 1. The number of carbonyl (C=O) groups excluding carboxylic acids is 1. The molecule has 0 saturated heterocycles. The minimum absolute atomic E-state index is 0. The quantitative estimate of drug-likeness (QED) is 0.746. The highest BCUT2D eigenvalue weighted by Gasteiger charge is 2.27. The van der Waals surface area contributed by atoms with E-state index in [0.29, 0.717) is 0 Å². The van der Waals surface area contributed by atoms with Crippen molar-refractivity contribution in [2.75, 3.05) is 17.2 Å². The van der Waals surface area contributed by atoms with E-state index in [1.807, 2.05) is 18.5 Å². The van der Waals surface area contributed by atoms with Gasteiger partial charge in [0.1, 0.15) is 5.65 Å². The van der Waals surface area contributed by atoms with Crippen molar-refractivity contribution < 1.29 is 4.79 Å². The molecule has 2 atom stereocenters. The first-order chi connectivity index (χ1) is 12.1. The second kappa shape index (κ2) is 7.90. The average molecular weight is 394 g/mol. The van der Waals surface area contributed by atoms with Crippen LogP contribution in [0, 0.1) is 6.92 Å². The maximum Gasteiger partial charge on any atom is 0.259 e. The second-order valence-electron chi connectivity index (χ2n) is 6.74. The van der Waals surface area contributed by atoms with Crippen molar-refractivity contribution in [2.45, 2.75) is 38.3 Å². The number of carbonyl (C=O) groups is 1. The Hall–Kier alpha value is -1.70. The number of H-pyrrole nitrogens is 1. The number of hydrogen-bond acceptors (Lipinski definition) is 5. The zero-order valence-electron chi connectivity index (χ0n) is 14.7. The fourth-order valence-electron chi connectivity index (χ4n) is 3.66. The van der Waals surface area contributed by atoms with Crippen LogP contribution in [0.25, 0.3) is 11.0 Å². The Morgan fingerprint density at radius 2 is 2.31 bits per heavy atom. The smallest absolute Gasteiger partial charge is 0.259 e. The summed E-state index contributed by atoms with van der Waals surface area (Å²) in [4.78, 5) is 23.2. The zero-order valence-corrected chi connectivity index (χ0v) is 16.3. The number of aryl methyl sites for hydroxylation is 1. The molecule has 2 aromatic rings. The van der Waals surface area contributed by atoms with Gasteiger partial charge < -0.3 is 20.9 Å². The zero-order chi connectivity index (χ0) is 17.4. The lowest BCUT2D eigenvalue weighted by atomic mass is 10.2. The van der Waals surface area contributed by atoms with Crippen LogP contribution in [0.15, 0.2) is 29.6 Å². The highest BCUT2D eigenvalue weighted by Crippen LogP contribution is 2.32. The third-order valence-electron chi connectivity index (χ3n) is 5.03. The number of rotatable bonds is 3. The van der Waals surface area contributed by atoms with E-state index in [0.717, 1.165) is 58.7 Å². The lowest BCUT2D eigenvalue weighted by molar-refractivity contribution is -0.117. The molecule has 1 fully saturated rings. The van der Waals surface area contributed by atoms with Gasteiger partial charge in [0, 0.05) is 48.4 Å². The molecule has 2 aromatic heterocycles. The van der Waals surface area contributed by atoms with E-state index in [1.165, 1.54) is 0 Å². The summed E-state index contributed by atoms with van der Waals surface area (Å²) in [6.45, 7) is 2.94. The van der Waals surface area contributed by atoms with Crippen LogP contribution in [0.1, 0.15) is 24.8 Å². The van der Waals surface area contributed by atoms with Gasteiger partial charge in [-0.2, -0.15) is 0 Å². The molecule has 2 aliphatic rings. The van der Waals surface area contributed by atoms with E-state index in [9.17, 15) is 4.79 Å². The van der Waals surface area contributed by atoms with Crippen molar-refractivity contribution in [1.29, 1.82) is 0 Å². The summed E-state index contributed by atoms with van der Waals surface area (Å²) in [6, 6.07) is 2.19. The van der Waals surface area contributed by atoms with Gasteiger partial charge in [0.2, 0.25) is 0 Å². The van der Waals surface area contributed by atoms with Crippen LogP contribution < -0.4 is 16.0 Å². The fourth-order valence-corrected chi connectivity index (χ4v) is 4.56. The highest BCUT2D eigenvalue weighted by atomic mass is 35.5. The Balaban J connectivity index is 0.00000196. The van der Waals surface area contributed by atoms with Gasteiger partial charge >= 0.3 is 0 Å². The molecule has 0 radical (unpaired) electrons. The fraction of sp³-hybridized carbons (Fsp3) is 0.444. The summed E-state index contributed by atoms with van der Waals surface area (Å²) < 4.78 is 0. The first-order valence-electron chi connectivity index (χ1n) is 8.74. The van der Waals surface area contributed by atoms with Crippen LogP contribution >= 0.6 is 24.2 Å². The van der Waals surface area contributed by atoms with Crippen molar-refractivity contribution in [3.8, 4) is 0 Å². The molecule has 8 heteroatoms. The number of fused-ring (bicyclic) bond motifs is 1. The maximum absolute atomic E-state index is 12.7. The van der Waals surface area contributed by atoms with Gasteiger partial charge in [-0.25, -0.2) is 4.98 Å². The molecule has 0 bridgehead atoms. The molecule has 26 heavy (non-hydrogen) atoms. The number of nitrogens with zero attached hydrogens (tertiary/aromatic N) is 2. The standard InChI is InChI=1S/C18H23N5OS.ClH/c1-11-9-21-17-16(11)14(5-6-20-17)23-7-8-25-15(10-23)18(24)22-13-4-2-3-12(13)19;/h5-6,9-10,12-13H,2-4,7-8,19H2,1H3,(H,20,21)(H,22,24);1H/t12-,13+;/m0./s1. The van der Waals surface area contributed by atoms with E-state index in [4.69, 9.17) is 5.73 Å². The Morgan fingerprint density at radius 3 is 3.08 bits per heavy atom. The Morgan fingerprint density at radius 1 is 1.46 bits per heavy atom. The number of thioether (sulfide) groups is 1. The number of hydrogen-bond donors (Lipinski definition) is 3. The van der Waals surface area contributed by atoms with Crippen LogP contribution in [-0.2, 0) is 4.79 Å². The molecule has 1 aliphatic heterocycles. The van der Waals surface area contributed by atoms with Crippen molar-refractivity contribution in [2.24, 2.45) is 5.73 Å². The number of anilines is 1. The van der Waals surface area contributed by atoms with Gasteiger partial charge in [-0.3, -0.25) is 4.79 Å². The molecule has 0 aromatic carbocycles. The summed E-state index contributed by atoms with van der Waals surface area (Å²) in [7, 11) is 0. The molecule has 1 amide bonds. The maximum atomic E-state index is 12.7. The normalized spacial score (nSPS) is 22.8. The predicted octanol–water partition coefficient (Wildman–Crippen LogP) is 2.68. The molecule has 1 saturated carbocycles. The molecule has 4 rings (SSSR count). The predicted molar refractivity (Wildman–Crippen MR) is 110 cm³/mol. The summed E-state index contributed by atoms with van der Waals surface area (Å²) in [5.74, 6) is 0.872. The number of pyridine rings is 1. The van der Waals surface area contributed by atoms with Crippen LogP contribution in [0.4, 0.5) is 5.69 Å². The van der Waals surface area contributed by atoms with Crippen molar-refractivity contribution in [3.05, 3.63) is 35.1 Å². The molecule has 4 N–H and O–H groups in total. The number of aromatic amines is 1. The van der Waals surface area contributed by atoms with Gasteiger partial charge in [-0.05, 0) is 37.8 Å². The van der Waals surface area contributed by atoms with Crippen LogP contribution in [0.5, 0.6) is 0 Å². The monoisotopic (exact) mass is 393 g/mol. The van der Waals surface area contributed by atoms with Gasteiger partial charge in [-0.15, -0.1) is 24.2 Å². The minimum Gasteiger partial charge on any atom is -0.347 e. The SMILES string of the molecule is Cc1c[nH]c2nccc(N3C=C(C(=O)N[C@@H]4CCC[C@@H]4N)SCC3)c12.Cl. The van der Waals surface area contributed by atoms with E-state index >= 15 is 0 Å². The molecule has 0 unspecified atom stereocenters. The highest BCUT2D eigenvalue weighted by molar-refractivity contribution is 8.04. The Kier molecular flexibility index (Phi) is 5.79. The third-order valence-corrected chi connectivity index (χ3v) is 6.02. The first-order valence-corrected chi connectivity index (χ1v) is 9.72. The molecule has 1 aliphatic carbocycles. The molecular weight excluding hydrogens is 370 g/mol. The molecule has 0 spiro atoms. The van der Waals surface area contributed by atoms with Crippen molar-refractivity contribution >= 4 is 46.8 Å². The van der Waals surface area contributed by atoms with Gasteiger partial charge in [0.15, 0.2) is 0 Å². The largest absolute Gasteiger partial charge is 0.347 e. The molecular formula is C18H24ClN5OS. The molecule has 140 valence electrons. The summed E-state index contributed by atoms with van der Waals surface area (Å²) >= 11 is 1.61. The minimum atomic E-state index is -0.00635. The number of nitrogens with one attached hydrogen (secondary N) is 2. The average Bonchev–Trinajstić information content (AvgIpc) is 3.21. The Bertz CT molecular complexity index is 836. The van der Waals surface area contributed by atoms with Crippen molar-refractivity contribution in [1.82, 2.24) is 15.3 Å². The first kappa shape index (κ1) is 19.1. The lowest BCUT2D eigenvalue weighted by Crippen LogP contribution is -2.44. The van der Waals surface area contributed by atoms with E-state index in [1.54, 1.807) is 18.0 Å². The third kappa shape index (κ3) is 3.56. The van der Waals surface area contributed by atoms with Crippen LogP contribution in [0.2, 0.25) is 0 Å². The van der Waals surface area contributed by atoms with Gasteiger partial charge in [-0.1, -0.05) is 0 Å². The number of halogens is 1.